The van der Waals surface area contributed by atoms with E-state index in [4.69, 9.17) is 9.05 Å². The summed E-state index contributed by atoms with van der Waals surface area (Å²) in [6.45, 7) is 5.10. The van der Waals surface area contributed by atoms with Gasteiger partial charge in [-0.2, -0.15) is 0 Å². The number of esters is 1. The van der Waals surface area contributed by atoms with Crippen LogP contribution < -0.4 is 0 Å². The SMILES string of the molecule is COC(=O)[C@@H](OP(C)(=O)OCc1ccccc1)C(C)C. The maximum absolute atomic E-state index is 12.3. The first-order chi connectivity index (χ1) is 9.35. The Morgan fingerprint density at radius 2 is 1.85 bits per heavy atom. The summed E-state index contributed by atoms with van der Waals surface area (Å²) in [7, 11) is -2.07. The van der Waals surface area contributed by atoms with E-state index in [0.29, 0.717) is 0 Å². The highest BCUT2D eigenvalue weighted by atomic mass is 31.2. The molecule has 2 atom stereocenters. The Kier molecular flexibility index (Phi) is 6.40. The second-order valence-corrected chi connectivity index (χ2v) is 6.84. The number of methoxy groups -OCH3 is 1. The van der Waals surface area contributed by atoms with Gasteiger partial charge in [-0.05, 0) is 11.5 Å². The largest absolute Gasteiger partial charge is 0.467 e. The van der Waals surface area contributed by atoms with Gasteiger partial charge < -0.3 is 9.26 Å². The van der Waals surface area contributed by atoms with Crippen LogP contribution in [-0.4, -0.2) is 25.8 Å². The van der Waals surface area contributed by atoms with Gasteiger partial charge in [-0.3, -0.25) is 9.09 Å². The van der Waals surface area contributed by atoms with Crippen LogP contribution in [0.25, 0.3) is 0 Å². The van der Waals surface area contributed by atoms with Gasteiger partial charge in [0, 0.05) is 6.66 Å². The average molecular weight is 300 g/mol. The highest BCUT2D eigenvalue weighted by Gasteiger charge is 2.31. The lowest BCUT2D eigenvalue weighted by Crippen LogP contribution is -2.30. The Morgan fingerprint density at radius 1 is 1.25 bits per heavy atom. The van der Waals surface area contributed by atoms with Gasteiger partial charge in [0.25, 0.3) is 0 Å². The van der Waals surface area contributed by atoms with Crippen molar-refractivity contribution in [1.29, 1.82) is 0 Å². The van der Waals surface area contributed by atoms with Crippen molar-refractivity contribution in [2.45, 2.75) is 26.6 Å². The zero-order chi connectivity index (χ0) is 15.2. The standard InChI is InChI=1S/C14H21O5P/c1-11(2)13(14(15)17-3)19-20(4,16)18-10-12-8-6-5-7-9-12/h5-9,11,13H,10H2,1-4H3/t13-,20?/m0/s1. The van der Waals surface area contributed by atoms with Crippen LogP contribution in [0, 0.1) is 5.92 Å². The van der Waals surface area contributed by atoms with Crippen molar-refractivity contribution < 1.29 is 23.1 Å². The van der Waals surface area contributed by atoms with Crippen LogP contribution in [0.3, 0.4) is 0 Å². The number of carbonyl (C=O) groups is 1. The van der Waals surface area contributed by atoms with Crippen LogP contribution >= 0.6 is 7.60 Å². The number of carbonyl (C=O) groups excluding carboxylic acids is 1. The lowest BCUT2D eigenvalue weighted by atomic mass is 10.1. The summed E-state index contributed by atoms with van der Waals surface area (Å²) in [5, 5.41) is 0. The maximum Gasteiger partial charge on any atom is 0.335 e. The van der Waals surface area contributed by atoms with Crippen LogP contribution in [0.2, 0.25) is 0 Å². The molecule has 1 aromatic rings. The third-order valence-electron chi connectivity index (χ3n) is 2.65. The Labute approximate surface area is 119 Å². The molecular formula is C14H21O5P. The van der Waals surface area contributed by atoms with Crippen molar-refractivity contribution in [1.82, 2.24) is 0 Å². The lowest BCUT2D eigenvalue weighted by Gasteiger charge is -2.23. The lowest BCUT2D eigenvalue weighted by molar-refractivity contribution is -0.151. The minimum absolute atomic E-state index is 0.156. The van der Waals surface area contributed by atoms with Gasteiger partial charge in [-0.1, -0.05) is 44.2 Å². The Morgan fingerprint density at radius 3 is 2.35 bits per heavy atom. The summed E-state index contributed by atoms with van der Waals surface area (Å²) in [5.74, 6) is -0.707. The summed E-state index contributed by atoms with van der Waals surface area (Å²) in [6, 6.07) is 9.34. The van der Waals surface area contributed by atoms with E-state index in [2.05, 4.69) is 4.74 Å². The molecule has 0 amide bonds. The predicted octanol–water partition coefficient (Wildman–Crippen LogP) is 3.24. The molecule has 1 aromatic carbocycles. The Balaban J connectivity index is 2.63. The van der Waals surface area contributed by atoms with Gasteiger partial charge in [0.05, 0.1) is 13.7 Å². The quantitative estimate of drug-likeness (QED) is 0.571. The summed E-state index contributed by atoms with van der Waals surface area (Å²) < 4.78 is 27.6. The molecule has 0 heterocycles. The summed E-state index contributed by atoms with van der Waals surface area (Å²) >= 11 is 0. The third kappa shape index (κ3) is 5.45. The van der Waals surface area contributed by atoms with E-state index >= 15 is 0 Å². The van der Waals surface area contributed by atoms with Gasteiger partial charge in [-0.25, -0.2) is 4.79 Å². The van der Waals surface area contributed by atoms with Crippen LogP contribution in [0.5, 0.6) is 0 Å². The second kappa shape index (κ2) is 7.58. The second-order valence-electron chi connectivity index (χ2n) is 4.82. The van der Waals surface area contributed by atoms with Crippen LogP contribution in [-0.2, 0) is 29.8 Å². The first-order valence-corrected chi connectivity index (χ1v) is 8.37. The maximum atomic E-state index is 12.3. The highest BCUT2D eigenvalue weighted by Crippen LogP contribution is 2.47. The molecule has 1 rings (SSSR count). The normalized spacial score (nSPS) is 15.7. The van der Waals surface area contributed by atoms with Gasteiger partial charge in [-0.15, -0.1) is 0 Å². The fourth-order valence-electron chi connectivity index (χ4n) is 1.56. The summed E-state index contributed by atoms with van der Waals surface area (Å²) in [6.07, 6.45) is -0.897. The molecule has 0 aliphatic heterocycles. The molecule has 0 saturated heterocycles. The fourth-order valence-corrected chi connectivity index (χ4v) is 2.74. The molecule has 20 heavy (non-hydrogen) atoms. The molecule has 0 bridgehead atoms. The van der Waals surface area contributed by atoms with E-state index in [1.165, 1.54) is 13.8 Å². The van der Waals surface area contributed by atoms with Gasteiger partial charge in [0.1, 0.15) is 0 Å². The van der Waals surface area contributed by atoms with Crippen LogP contribution in [0.15, 0.2) is 30.3 Å². The van der Waals surface area contributed by atoms with E-state index in [-0.39, 0.29) is 12.5 Å². The van der Waals surface area contributed by atoms with E-state index < -0.39 is 19.7 Å². The number of ether oxygens (including phenoxy) is 1. The predicted molar refractivity (Wildman–Crippen MR) is 76.5 cm³/mol. The number of hydrogen-bond acceptors (Lipinski definition) is 5. The van der Waals surface area contributed by atoms with E-state index in [0.717, 1.165) is 5.56 Å². The number of rotatable bonds is 7. The average Bonchev–Trinajstić information content (AvgIpc) is 2.43. The number of benzene rings is 1. The van der Waals surface area contributed by atoms with Crippen LogP contribution in [0.4, 0.5) is 0 Å². The molecule has 0 fully saturated rings. The first kappa shape index (κ1) is 16.9. The van der Waals surface area contributed by atoms with Crippen molar-refractivity contribution in [2.24, 2.45) is 5.92 Å². The molecule has 5 nitrogen and oxygen atoms in total. The molecule has 0 aromatic heterocycles. The van der Waals surface area contributed by atoms with E-state index in [1.807, 2.05) is 30.3 Å². The van der Waals surface area contributed by atoms with Gasteiger partial charge >= 0.3 is 13.6 Å². The zero-order valence-corrected chi connectivity index (χ0v) is 13.1. The summed E-state index contributed by atoms with van der Waals surface area (Å²) in [4.78, 5) is 11.6. The third-order valence-corrected chi connectivity index (χ3v) is 3.86. The van der Waals surface area contributed by atoms with Crippen LogP contribution in [0.1, 0.15) is 19.4 Å². The first-order valence-electron chi connectivity index (χ1n) is 6.38. The molecule has 0 N–H and O–H groups in total. The topological polar surface area (TPSA) is 61.8 Å². The van der Waals surface area contributed by atoms with Gasteiger partial charge in [0.15, 0.2) is 6.10 Å². The molecule has 0 radical (unpaired) electrons. The molecule has 112 valence electrons. The molecule has 0 aliphatic rings. The molecule has 0 aliphatic carbocycles. The smallest absolute Gasteiger partial charge is 0.335 e. The Bertz CT molecular complexity index is 472. The van der Waals surface area contributed by atoms with Gasteiger partial charge in [0.2, 0.25) is 0 Å². The molecule has 1 unspecified atom stereocenters. The monoisotopic (exact) mass is 300 g/mol. The molecular weight excluding hydrogens is 279 g/mol. The van der Waals surface area contributed by atoms with E-state index in [9.17, 15) is 9.36 Å². The molecule has 0 spiro atoms. The van der Waals surface area contributed by atoms with Crippen molar-refractivity contribution in [3.8, 4) is 0 Å². The number of hydrogen-bond donors (Lipinski definition) is 0. The highest BCUT2D eigenvalue weighted by molar-refractivity contribution is 7.53. The van der Waals surface area contributed by atoms with Crippen molar-refractivity contribution in [2.75, 3.05) is 13.8 Å². The van der Waals surface area contributed by atoms with E-state index in [1.54, 1.807) is 13.8 Å². The Hall–Kier alpha value is -1.16. The summed E-state index contributed by atoms with van der Waals surface area (Å²) in [5.41, 5.74) is 0.886. The van der Waals surface area contributed by atoms with Crippen molar-refractivity contribution in [3.63, 3.8) is 0 Å². The minimum Gasteiger partial charge on any atom is -0.467 e. The molecule has 6 heteroatoms. The van der Waals surface area contributed by atoms with Crippen molar-refractivity contribution >= 4 is 13.6 Å². The van der Waals surface area contributed by atoms with Crippen molar-refractivity contribution in [3.05, 3.63) is 35.9 Å². The zero-order valence-electron chi connectivity index (χ0n) is 12.2. The minimum atomic E-state index is -3.34. The fraction of sp³-hybridized carbons (Fsp3) is 0.500. The molecule has 0 saturated carbocycles.